The number of ether oxygens (including phenoxy) is 1. The van der Waals surface area contributed by atoms with Crippen LogP contribution in [-0.4, -0.2) is 5.97 Å². The Morgan fingerprint density at radius 3 is 2.03 bits per heavy atom. The third-order valence-corrected chi connectivity index (χ3v) is 7.70. The monoisotopic (exact) mass is 398 g/mol. The second-order valence-electron chi connectivity index (χ2n) is 9.68. The van der Waals surface area contributed by atoms with Crippen LogP contribution in [0.3, 0.4) is 0 Å². The van der Waals surface area contributed by atoms with Gasteiger partial charge in [0.15, 0.2) is 0 Å². The summed E-state index contributed by atoms with van der Waals surface area (Å²) in [6, 6.07) is 8.20. The van der Waals surface area contributed by atoms with E-state index >= 15 is 0 Å². The third kappa shape index (κ3) is 6.86. The maximum Gasteiger partial charge on any atom is 0.314 e. The lowest BCUT2D eigenvalue weighted by molar-refractivity contribution is -0.140. The molecule has 0 N–H and O–H groups in total. The van der Waals surface area contributed by atoms with E-state index in [1.54, 1.807) is 0 Å². The number of benzene rings is 1. The molecule has 0 saturated heterocycles. The van der Waals surface area contributed by atoms with Crippen LogP contribution in [0.25, 0.3) is 0 Å². The summed E-state index contributed by atoms with van der Waals surface area (Å²) in [6.45, 7) is 4.58. The maximum absolute atomic E-state index is 12.6. The number of hydrogen-bond donors (Lipinski definition) is 0. The highest BCUT2D eigenvalue weighted by Crippen LogP contribution is 2.42. The van der Waals surface area contributed by atoms with Crippen LogP contribution in [0.4, 0.5) is 0 Å². The van der Waals surface area contributed by atoms with Gasteiger partial charge in [-0.15, -0.1) is 0 Å². The molecule has 0 unspecified atom stereocenters. The molecule has 1 aromatic rings. The highest BCUT2D eigenvalue weighted by molar-refractivity contribution is 5.75. The van der Waals surface area contributed by atoms with Gasteiger partial charge < -0.3 is 4.74 Å². The Kier molecular flexibility index (Phi) is 9.08. The molecular formula is C27H42O2. The van der Waals surface area contributed by atoms with Gasteiger partial charge in [0.25, 0.3) is 0 Å². The summed E-state index contributed by atoms with van der Waals surface area (Å²) in [5.41, 5.74) is 1.35. The Hall–Kier alpha value is -1.31. The van der Waals surface area contributed by atoms with Crippen LogP contribution in [-0.2, 0) is 11.2 Å². The molecule has 0 radical (unpaired) electrons. The van der Waals surface area contributed by atoms with E-state index in [1.165, 1.54) is 76.2 Å². The fourth-order valence-corrected chi connectivity index (χ4v) is 5.57. The van der Waals surface area contributed by atoms with Gasteiger partial charge in [-0.1, -0.05) is 64.5 Å². The van der Waals surface area contributed by atoms with Crippen molar-refractivity contribution in [3.8, 4) is 5.75 Å². The summed E-state index contributed by atoms with van der Waals surface area (Å²) in [5.74, 6) is 3.55. The largest absolute Gasteiger partial charge is 0.426 e. The number of rotatable bonds is 9. The van der Waals surface area contributed by atoms with Crippen molar-refractivity contribution in [2.75, 3.05) is 0 Å². The Labute approximate surface area is 178 Å². The highest BCUT2D eigenvalue weighted by Gasteiger charge is 2.33. The topological polar surface area (TPSA) is 26.3 Å². The summed E-state index contributed by atoms with van der Waals surface area (Å²) in [4.78, 5) is 12.6. The summed E-state index contributed by atoms with van der Waals surface area (Å²) in [5, 5.41) is 0. The lowest BCUT2D eigenvalue weighted by atomic mass is 9.69. The van der Waals surface area contributed by atoms with Crippen LogP contribution in [0, 0.1) is 23.7 Å². The molecule has 0 aromatic heterocycles. The van der Waals surface area contributed by atoms with Crippen LogP contribution in [0.15, 0.2) is 24.3 Å². The number of aryl methyl sites for hydroxylation is 1. The average molecular weight is 399 g/mol. The van der Waals surface area contributed by atoms with Crippen molar-refractivity contribution < 1.29 is 9.53 Å². The summed E-state index contributed by atoms with van der Waals surface area (Å²) < 4.78 is 5.72. The summed E-state index contributed by atoms with van der Waals surface area (Å²) in [6.07, 6.45) is 17.8. The molecule has 0 spiro atoms. The average Bonchev–Trinajstić information content (AvgIpc) is 2.78. The molecule has 2 heteroatoms. The van der Waals surface area contributed by atoms with Crippen molar-refractivity contribution in [3.63, 3.8) is 0 Å². The SMILES string of the molecule is CCCCCCc1ccc(OC(=O)C2CCC(C3CCC(CC)CC3)CC2)cc1. The van der Waals surface area contributed by atoms with Crippen LogP contribution in [0.2, 0.25) is 0 Å². The third-order valence-electron chi connectivity index (χ3n) is 7.70. The first-order valence-electron chi connectivity index (χ1n) is 12.5. The molecular weight excluding hydrogens is 356 g/mol. The first-order valence-corrected chi connectivity index (χ1v) is 12.5. The minimum Gasteiger partial charge on any atom is -0.426 e. The van der Waals surface area contributed by atoms with Crippen LogP contribution in [0.5, 0.6) is 5.75 Å². The van der Waals surface area contributed by atoms with Crippen molar-refractivity contribution in [1.82, 2.24) is 0 Å². The molecule has 0 amide bonds. The van der Waals surface area contributed by atoms with E-state index in [1.807, 2.05) is 12.1 Å². The van der Waals surface area contributed by atoms with Crippen molar-refractivity contribution >= 4 is 5.97 Å². The molecule has 1 aromatic carbocycles. The smallest absolute Gasteiger partial charge is 0.314 e. The Balaban J connectivity index is 1.38. The van der Waals surface area contributed by atoms with Crippen LogP contribution in [0.1, 0.15) is 103 Å². The van der Waals surface area contributed by atoms with Gasteiger partial charge in [0.1, 0.15) is 5.75 Å². The predicted molar refractivity (Wildman–Crippen MR) is 121 cm³/mol. The zero-order valence-electron chi connectivity index (χ0n) is 18.8. The summed E-state index contributed by atoms with van der Waals surface area (Å²) in [7, 11) is 0. The maximum atomic E-state index is 12.6. The number of unbranched alkanes of at least 4 members (excludes halogenated alkanes) is 3. The molecule has 2 aliphatic carbocycles. The quantitative estimate of drug-likeness (QED) is 0.241. The Bertz CT molecular complexity index is 589. The minimum atomic E-state index is -0.00571. The minimum absolute atomic E-state index is 0.00571. The van der Waals surface area contributed by atoms with Gasteiger partial charge in [-0.2, -0.15) is 0 Å². The highest BCUT2D eigenvalue weighted by atomic mass is 16.5. The molecule has 3 rings (SSSR count). The van der Waals surface area contributed by atoms with Gasteiger partial charge in [-0.25, -0.2) is 0 Å². The van der Waals surface area contributed by atoms with Crippen molar-refractivity contribution in [3.05, 3.63) is 29.8 Å². The van der Waals surface area contributed by atoms with E-state index in [4.69, 9.17) is 4.74 Å². The number of carbonyl (C=O) groups is 1. The van der Waals surface area contributed by atoms with Gasteiger partial charge >= 0.3 is 5.97 Å². The fourth-order valence-electron chi connectivity index (χ4n) is 5.57. The molecule has 0 heterocycles. The standard InChI is InChI=1S/C27H42O2/c1-3-5-6-7-8-22-11-19-26(20-12-22)29-27(28)25-17-15-24(16-18-25)23-13-9-21(4-2)10-14-23/h11-12,19-21,23-25H,3-10,13-18H2,1-2H3. The molecule has 29 heavy (non-hydrogen) atoms. The van der Waals surface area contributed by atoms with Crippen molar-refractivity contribution in [2.45, 2.75) is 104 Å². The van der Waals surface area contributed by atoms with Crippen LogP contribution < -0.4 is 4.74 Å². The Morgan fingerprint density at radius 1 is 0.828 bits per heavy atom. The van der Waals surface area contributed by atoms with Crippen molar-refractivity contribution in [2.24, 2.45) is 23.7 Å². The zero-order valence-corrected chi connectivity index (χ0v) is 18.8. The number of hydrogen-bond acceptors (Lipinski definition) is 2. The lowest BCUT2D eigenvalue weighted by Crippen LogP contribution is -2.30. The fraction of sp³-hybridized carbons (Fsp3) is 0.741. The van der Waals surface area contributed by atoms with E-state index in [0.717, 1.165) is 37.0 Å². The number of esters is 1. The Morgan fingerprint density at radius 2 is 1.45 bits per heavy atom. The first kappa shape index (κ1) is 22.4. The molecule has 2 fully saturated rings. The second-order valence-corrected chi connectivity index (χ2v) is 9.68. The van der Waals surface area contributed by atoms with Crippen LogP contribution >= 0.6 is 0 Å². The van der Waals surface area contributed by atoms with Crippen molar-refractivity contribution in [1.29, 1.82) is 0 Å². The molecule has 2 nitrogen and oxygen atoms in total. The van der Waals surface area contributed by atoms with Gasteiger partial charge in [-0.05, 0) is 86.8 Å². The second kappa shape index (κ2) is 11.8. The zero-order chi connectivity index (χ0) is 20.5. The summed E-state index contributed by atoms with van der Waals surface area (Å²) >= 11 is 0. The van der Waals surface area contributed by atoms with E-state index < -0.39 is 0 Å². The van der Waals surface area contributed by atoms with E-state index in [0.29, 0.717) is 5.75 Å². The van der Waals surface area contributed by atoms with Gasteiger partial charge in [0.05, 0.1) is 5.92 Å². The van der Waals surface area contributed by atoms with E-state index in [2.05, 4.69) is 26.0 Å². The number of carbonyl (C=O) groups excluding carboxylic acids is 1. The predicted octanol–water partition coefficient (Wildman–Crippen LogP) is 7.74. The molecule has 0 bridgehead atoms. The molecule has 2 aliphatic rings. The van der Waals surface area contributed by atoms with Gasteiger partial charge in [-0.3, -0.25) is 4.79 Å². The van der Waals surface area contributed by atoms with Gasteiger partial charge in [0.2, 0.25) is 0 Å². The normalized spacial score (nSPS) is 27.5. The molecule has 2 saturated carbocycles. The van der Waals surface area contributed by atoms with E-state index in [-0.39, 0.29) is 11.9 Å². The molecule has 0 aliphatic heterocycles. The van der Waals surface area contributed by atoms with E-state index in [9.17, 15) is 4.79 Å². The first-order chi connectivity index (χ1) is 14.2. The molecule has 162 valence electrons. The van der Waals surface area contributed by atoms with Gasteiger partial charge in [0, 0.05) is 0 Å². The lowest BCUT2D eigenvalue weighted by Gasteiger charge is -2.37. The molecule has 0 atom stereocenters.